The van der Waals surface area contributed by atoms with Gasteiger partial charge < -0.3 is 9.47 Å². The van der Waals surface area contributed by atoms with Crippen LogP contribution < -0.4 is 9.47 Å². The fourth-order valence-corrected chi connectivity index (χ4v) is 18.3. The van der Waals surface area contributed by atoms with E-state index in [4.69, 9.17) is 9.47 Å². The molecule has 10 aliphatic carbocycles. The average Bonchev–Trinajstić information content (AvgIpc) is 3.92. The second-order valence-corrected chi connectivity index (χ2v) is 17.8. The number of hydrogen-bond acceptors (Lipinski definition) is 4. The minimum absolute atomic E-state index is 0.478. The van der Waals surface area contributed by atoms with E-state index >= 15 is 0 Å². The van der Waals surface area contributed by atoms with E-state index in [1.165, 1.54) is 59.6 Å². The van der Waals surface area contributed by atoms with Crippen molar-refractivity contribution in [1.82, 2.24) is 0 Å². The first-order chi connectivity index (χ1) is 21.9. The summed E-state index contributed by atoms with van der Waals surface area (Å²) in [5, 5.41) is 22.2. The van der Waals surface area contributed by atoms with Crippen LogP contribution in [-0.2, 0) is 0 Å². The van der Waals surface area contributed by atoms with Crippen LogP contribution in [0.15, 0.2) is 35.4 Å². The van der Waals surface area contributed by atoms with Crippen molar-refractivity contribution in [2.45, 2.75) is 57.8 Å². The molecule has 0 spiro atoms. The second kappa shape index (κ2) is 7.43. The molecule has 2 aromatic carbocycles. The highest BCUT2D eigenvalue weighted by Gasteiger charge is 2.92. The number of nitrogens with zero attached hydrogens (tertiary/aromatic N) is 2. The lowest BCUT2D eigenvalue weighted by atomic mass is 9.18. The molecule has 4 heteroatoms. The summed E-state index contributed by atoms with van der Waals surface area (Å²) in [6, 6.07) is 13.4. The largest absolute Gasteiger partial charge is 0.496 e. The van der Waals surface area contributed by atoms with Crippen LogP contribution in [-0.4, -0.2) is 14.2 Å². The fraction of sp³-hybridized carbons (Fsp3) is 0.659. The number of rotatable bonds is 2. The molecule has 0 saturated heterocycles. The first-order valence-corrected chi connectivity index (χ1v) is 18.2. The molecule has 9 saturated carbocycles. The molecule has 12 rings (SSSR count). The zero-order chi connectivity index (χ0) is 30.0. The van der Waals surface area contributed by atoms with E-state index in [-0.39, 0.29) is 0 Å². The molecule has 0 heterocycles. The van der Waals surface area contributed by atoms with Gasteiger partial charge in [-0.1, -0.05) is 38.1 Å². The molecule has 9 fully saturated rings. The first kappa shape index (κ1) is 25.2. The van der Waals surface area contributed by atoms with E-state index in [0.717, 1.165) is 82.5 Å². The topological polar surface area (TPSA) is 66.0 Å². The minimum atomic E-state index is 0.478. The van der Waals surface area contributed by atoms with Crippen LogP contribution in [0.5, 0.6) is 11.5 Å². The maximum absolute atomic E-state index is 9.89. The highest BCUT2D eigenvalue weighted by Crippen LogP contribution is 2.97. The summed E-state index contributed by atoms with van der Waals surface area (Å²) in [5.41, 5.74) is 5.78. The number of allylic oxidation sites excluding steroid dienone is 2. The highest BCUT2D eigenvalue weighted by molar-refractivity contribution is 5.97. The van der Waals surface area contributed by atoms with Gasteiger partial charge >= 0.3 is 0 Å². The van der Waals surface area contributed by atoms with Gasteiger partial charge in [0.05, 0.1) is 14.2 Å². The summed E-state index contributed by atoms with van der Waals surface area (Å²) >= 11 is 0. The summed E-state index contributed by atoms with van der Waals surface area (Å²) in [6.07, 6.45) is 6.67. The zero-order valence-electron chi connectivity index (χ0n) is 26.8. The van der Waals surface area contributed by atoms with Crippen molar-refractivity contribution in [3.05, 3.63) is 46.5 Å². The van der Waals surface area contributed by atoms with E-state index in [2.05, 4.69) is 50.3 Å². The number of nitriles is 2. The second-order valence-electron chi connectivity index (χ2n) is 17.8. The van der Waals surface area contributed by atoms with Gasteiger partial charge in [-0.25, -0.2) is 0 Å². The summed E-state index contributed by atoms with van der Waals surface area (Å²) in [4.78, 5) is 0. The Morgan fingerprint density at radius 2 is 1.04 bits per heavy atom. The van der Waals surface area contributed by atoms with Gasteiger partial charge in [0.15, 0.2) is 0 Å². The quantitative estimate of drug-likeness (QED) is 0.260. The number of ether oxygens (including phenoxy) is 2. The van der Waals surface area contributed by atoms with Crippen LogP contribution in [0.3, 0.4) is 0 Å². The standard InChI is InChI=1S/C41H42N2O2/c1-40-34-23-12-24(29-20-10-9-19(28(23)29)27(20)16(14-42)15-43)35(34)41(40,2)37-26-13-25(36(37)40)30-21-11-22(31(26)30)33-32(21)38(44-3)17-7-5-6-8-18(17)39(33)45-4/h5-8,19-26,28-31,34-37H,9-13H2,1-4H3/t19-,20+,21-,22+,23-,24+,25+,26-,28+,29-,30-,31+,34-,35+,36+,37-,40-,41+. The lowest BCUT2D eigenvalue weighted by Crippen LogP contribution is -2.82. The van der Waals surface area contributed by atoms with Crippen LogP contribution in [0.25, 0.3) is 10.8 Å². The Balaban J connectivity index is 0.960. The molecule has 18 atom stereocenters. The molecule has 0 N–H and O–H groups in total. The molecular formula is C41H42N2O2. The molecule has 228 valence electrons. The molecule has 0 aromatic heterocycles. The highest BCUT2D eigenvalue weighted by atomic mass is 16.5. The summed E-state index contributed by atoms with van der Waals surface area (Å²) in [6.45, 7) is 5.55. The summed E-state index contributed by atoms with van der Waals surface area (Å²) in [7, 11) is 3.77. The van der Waals surface area contributed by atoms with Crippen LogP contribution in [0, 0.1) is 116 Å². The number of methoxy groups -OCH3 is 2. The Morgan fingerprint density at radius 3 is 1.42 bits per heavy atom. The molecule has 45 heavy (non-hydrogen) atoms. The van der Waals surface area contributed by atoms with Gasteiger partial charge in [0.25, 0.3) is 0 Å². The van der Waals surface area contributed by atoms with Gasteiger partial charge in [-0.15, -0.1) is 0 Å². The van der Waals surface area contributed by atoms with E-state index < -0.39 is 0 Å². The molecule has 2 aromatic rings. The van der Waals surface area contributed by atoms with Gasteiger partial charge in [-0.05, 0) is 143 Å². The minimum Gasteiger partial charge on any atom is -0.496 e. The molecule has 10 aliphatic rings. The number of fused-ring (bicyclic) bond motifs is 33. The molecule has 0 radical (unpaired) electrons. The van der Waals surface area contributed by atoms with Crippen LogP contribution >= 0.6 is 0 Å². The smallest absolute Gasteiger partial charge is 0.130 e. The molecule has 0 amide bonds. The van der Waals surface area contributed by atoms with E-state index in [1.807, 2.05) is 14.2 Å². The van der Waals surface area contributed by atoms with E-state index in [1.54, 1.807) is 0 Å². The molecule has 4 nitrogen and oxygen atoms in total. The lowest BCUT2D eigenvalue weighted by molar-refractivity contribution is -0.390. The van der Waals surface area contributed by atoms with Crippen molar-refractivity contribution in [3.8, 4) is 23.6 Å². The Morgan fingerprint density at radius 1 is 0.644 bits per heavy atom. The normalized spacial score (nSPS) is 54.8. The predicted octanol–water partition coefficient (Wildman–Crippen LogP) is 8.09. The van der Waals surface area contributed by atoms with Crippen LogP contribution in [0.4, 0.5) is 0 Å². The van der Waals surface area contributed by atoms with Gasteiger partial charge in [-0.3, -0.25) is 0 Å². The van der Waals surface area contributed by atoms with Gasteiger partial charge in [0.2, 0.25) is 0 Å². The maximum Gasteiger partial charge on any atom is 0.130 e. The van der Waals surface area contributed by atoms with Gasteiger partial charge in [0, 0.05) is 21.9 Å². The molecule has 8 bridgehead atoms. The Labute approximate surface area is 266 Å². The van der Waals surface area contributed by atoms with Crippen molar-refractivity contribution >= 4 is 10.8 Å². The third-order valence-electron chi connectivity index (χ3n) is 18.3. The van der Waals surface area contributed by atoms with Crippen molar-refractivity contribution in [3.63, 3.8) is 0 Å². The van der Waals surface area contributed by atoms with Crippen molar-refractivity contribution in [2.75, 3.05) is 14.2 Å². The predicted molar refractivity (Wildman–Crippen MR) is 169 cm³/mol. The Hall–Kier alpha value is -2.98. The maximum atomic E-state index is 9.89. The molecule has 0 aliphatic heterocycles. The van der Waals surface area contributed by atoms with Crippen molar-refractivity contribution in [1.29, 1.82) is 10.5 Å². The van der Waals surface area contributed by atoms with Crippen LogP contribution in [0.1, 0.15) is 68.9 Å². The third-order valence-corrected chi connectivity index (χ3v) is 18.3. The Bertz CT molecular complexity index is 1780. The number of hydrogen-bond donors (Lipinski definition) is 0. The van der Waals surface area contributed by atoms with Crippen molar-refractivity contribution in [2.24, 2.45) is 93.7 Å². The summed E-state index contributed by atoms with van der Waals surface area (Å²) < 4.78 is 12.6. The fourth-order valence-electron chi connectivity index (χ4n) is 18.3. The van der Waals surface area contributed by atoms with E-state index in [9.17, 15) is 10.5 Å². The zero-order valence-corrected chi connectivity index (χ0v) is 26.8. The van der Waals surface area contributed by atoms with Gasteiger partial charge in [-0.2, -0.15) is 10.5 Å². The average molecular weight is 595 g/mol. The third kappa shape index (κ3) is 2.16. The van der Waals surface area contributed by atoms with Crippen LogP contribution in [0.2, 0.25) is 0 Å². The number of benzene rings is 2. The lowest BCUT2D eigenvalue weighted by Gasteiger charge is -2.85. The summed E-state index contributed by atoms with van der Waals surface area (Å²) in [5.74, 6) is 14.6. The monoisotopic (exact) mass is 594 g/mol. The Kier molecular flexibility index (Phi) is 4.15. The molecule has 0 unspecified atom stereocenters. The first-order valence-electron chi connectivity index (χ1n) is 18.2. The van der Waals surface area contributed by atoms with Crippen molar-refractivity contribution < 1.29 is 9.47 Å². The molecular weight excluding hydrogens is 552 g/mol. The SMILES string of the molecule is COc1c2c(c(OC)c3ccccc13)[C@@H]1C[C@H]2[C@H]2[C@H]3C[C@@H]([C@H]21)[C@H]1[C@@H]3[C@]2(C)[C@H]3[C@H]4C[C@H]([C@H]5[C@@H]4[C@H]4CC[C@@H]5C4=C(C#N)C#N)[C@H]3[C@]12C. The van der Waals surface area contributed by atoms with Gasteiger partial charge in [0.1, 0.15) is 29.2 Å². The van der Waals surface area contributed by atoms with E-state index in [0.29, 0.717) is 40.1 Å².